The first-order valence-corrected chi connectivity index (χ1v) is 5.59. The number of nitrogens with one attached hydrogen (secondary N) is 1. The number of amides is 1. The van der Waals surface area contributed by atoms with E-state index >= 15 is 0 Å². The third kappa shape index (κ3) is 2.16. The summed E-state index contributed by atoms with van der Waals surface area (Å²) in [6.45, 7) is 0.472. The molecule has 0 saturated carbocycles. The van der Waals surface area contributed by atoms with Gasteiger partial charge in [-0.05, 0) is 18.2 Å². The SMILES string of the molecule is O=C1NCCSc2ccc(C(F)(F)F)cc21. The van der Waals surface area contributed by atoms with Gasteiger partial charge in [-0.2, -0.15) is 13.2 Å². The lowest BCUT2D eigenvalue weighted by Crippen LogP contribution is -2.24. The van der Waals surface area contributed by atoms with Crippen LogP contribution in [-0.2, 0) is 6.18 Å². The van der Waals surface area contributed by atoms with Crippen LogP contribution in [0.5, 0.6) is 0 Å². The van der Waals surface area contributed by atoms with Crippen molar-refractivity contribution >= 4 is 17.7 Å². The quantitative estimate of drug-likeness (QED) is 0.763. The van der Waals surface area contributed by atoms with Gasteiger partial charge in [0.1, 0.15) is 0 Å². The molecule has 0 spiro atoms. The number of halogens is 3. The average Bonchev–Trinajstić information content (AvgIpc) is 2.39. The minimum absolute atomic E-state index is 0.109. The Bertz CT molecular complexity index is 431. The standard InChI is InChI=1S/C10H8F3NOS/c11-10(12,13)6-1-2-8-7(5-6)9(15)14-3-4-16-8/h1-2,5H,3-4H2,(H,14,15). The molecule has 0 saturated heterocycles. The third-order valence-corrected chi connectivity index (χ3v) is 3.27. The minimum Gasteiger partial charge on any atom is -0.351 e. The maximum absolute atomic E-state index is 12.4. The molecular formula is C10H8F3NOS. The second kappa shape index (κ2) is 4.01. The van der Waals surface area contributed by atoms with Gasteiger partial charge in [0.25, 0.3) is 5.91 Å². The first kappa shape index (κ1) is 11.3. The monoisotopic (exact) mass is 247 g/mol. The van der Waals surface area contributed by atoms with E-state index in [1.165, 1.54) is 17.8 Å². The maximum Gasteiger partial charge on any atom is 0.416 e. The van der Waals surface area contributed by atoms with Gasteiger partial charge in [0.2, 0.25) is 0 Å². The molecule has 1 aliphatic rings. The number of hydrogen-bond donors (Lipinski definition) is 1. The molecule has 0 atom stereocenters. The Kier molecular flexibility index (Phi) is 2.84. The van der Waals surface area contributed by atoms with Gasteiger partial charge in [-0.25, -0.2) is 0 Å². The molecule has 0 fully saturated rings. The lowest BCUT2D eigenvalue weighted by Gasteiger charge is -2.09. The Labute approximate surface area is 94.2 Å². The topological polar surface area (TPSA) is 29.1 Å². The summed E-state index contributed by atoms with van der Waals surface area (Å²) in [5, 5.41) is 2.55. The molecule has 0 aromatic heterocycles. The molecule has 16 heavy (non-hydrogen) atoms. The summed E-state index contributed by atoms with van der Waals surface area (Å²) in [5.74, 6) is 0.232. The molecule has 0 bridgehead atoms. The first-order valence-electron chi connectivity index (χ1n) is 4.61. The number of carbonyl (C=O) groups is 1. The largest absolute Gasteiger partial charge is 0.416 e. The molecule has 1 aromatic carbocycles. The molecule has 0 radical (unpaired) electrons. The molecule has 1 heterocycles. The molecule has 0 unspecified atom stereocenters. The summed E-state index contributed by atoms with van der Waals surface area (Å²) in [7, 11) is 0. The van der Waals surface area contributed by atoms with Crippen molar-refractivity contribution in [1.29, 1.82) is 0 Å². The lowest BCUT2D eigenvalue weighted by molar-refractivity contribution is -0.137. The molecule has 6 heteroatoms. The van der Waals surface area contributed by atoms with Crippen LogP contribution in [0.15, 0.2) is 23.1 Å². The molecular weight excluding hydrogens is 239 g/mol. The van der Waals surface area contributed by atoms with Crippen LogP contribution in [-0.4, -0.2) is 18.2 Å². The molecule has 2 nitrogen and oxygen atoms in total. The van der Waals surface area contributed by atoms with Crippen LogP contribution >= 0.6 is 11.8 Å². The summed E-state index contributed by atoms with van der Waals surface area (Å²) < 4.78 is 37.3. The highest BCUT2D eigenvalue weighted by atomic mass is 32.2. The van der Waals surface area contributed by atoms with Crippen LogP contribution in [0.3, 0.4) is 0 Å². The van der Waals surface area contributed by atoms with Crippen LogP contribution in [0.25, 0.3) is 0 Å². The average molecular weight is 247 g/mol. The molecule has 86 valence electrons. The van der Waals surface area contributed by atoms with E-state index in [-0.39, 0.29) is 5.56 Å². The maximum atomic E-state index is 12.4. The van der Waals surface area contributed by atoms with E-state index in [9.17, 15) is 18.0 Å². The Morgan fingerprint density at radius 3 is 2.75 bits per heavy atom. The molecule has 2 rings (SSSR count). The van der Waals surface area contributed by atoms with E-state index in [0.717, 1.165) is 12.1 Å². The van der Waals surface area contributed by atoms with Crippen molar-refractivity contribution in [2.75, 3.05) is 12.3 Å². The number of hydrogen-bond acceptors (Lipinski definition) is 2. The van der Waals surface area contributed by atoms with Crippen molar-refractivity contribution in [3.05, 3.63) is 29.3 Å². The van der Waals surface area contributed by atoms with Gasteiger partial charge in [0.05, 0.1) is 11.1 Å². The number of carbonyl (C=O) groups excluding carboxylic acids is 1. The zero-order valence-electron chi connectivity index (χ0n) is 8.10. The molecule has 1 amide bonds. The molecule has 1 N–H and O–H groups in total. The smallest absolute Gasteiger partial charge is 0.351 e. The number of alkyl halides is 3. The predicted molar refractivity (Wildman–Crippen MR) is 54.5 cm³/mol. The van der Waals surface area contributed by atoms with Gasteiger partial charge in [-0.1, -0.05) is 0 Å². The van der Waals surface area contributed by atoms with E-state index in [2.05, 4.69) is 5.32 Å². The predicted octanol–water partition coefficient (Wildman–Crippen LogP) is 2.54. The second-order valence-electron chi connectivity index (χ2n) is 3.31. The fourth-order valence-corrected chi connectivity index (χ4v) is 2.33. The van der Waals surface area contributed by atoms with Crippen LogP contribution in [0.2, 0.25) is 0 Å². The van der Waals surface area contributed by atoms with E-state index < -0.39 is 17.6 Å². The number of fused-ring (bicyclic) bond motifs is 1. The lowest BCUT2D eigenvalue weighted by atomic mass is 10.1. The Hall–Kier alpha value is -1.17. The summed E-state index contributed by atoms with van der Waals surface area (Å²) in [6, 6.07) is 3.27. The summed E-state index contributed by atoms with van der Waals surface area (Å²) in [4.78, 5) is 12.1. The molecule has 1 aliphatic heterocycles. The van der Waals surface area contributed by atoms with Crippen molar-refractivity contribution in [2.24, 2.45) is 0 Å². The highest BCUT2D eigenvalue weighted by Crippen LogP contribution is 2.33. The summed E-state index contributed by atoms with van der Waals surface area (Å²) in [6.07, 6.45) is -4.41. The van der Waals surface area contributed by atoms with Crippen LogP contribution < -0.4 is 5.32 Å². The van der Waals surface area contributed by atoms with E-state index in [0.29, 0.717) is 17.2 Å². The van der Waals surface area contributed by atoms with Gasteiger partial charge in [0, 0.05) is 17.2 Å². The van der Waals surface area contributed by atoms with Gasteiger partial charge in [0.15, 0.2) is 0 Å². The van der Waals surface area contributed by atoms with Gasteiger partial charge in [-0.15, -0.1) is 11.8 Å². The van der Waals surface area contributed by atoms with E-state index in [1.54, 1.807) is 0 Å². The number of thioether (sulfide) groups is 1. The zero-order chi connectivity index (χ0) is 11.8. The number of rotatable bonds is 0. The van der Waals surface area contributed by atoms with E-state index in [1.807, 2.05) is 0 Å². The Balaban J connectivity index is 2.47. The van der Waals surface area contributed by atoms with Gasteiger partial charge >= 0.3 is 6.18 Å². The fraction of sp³-hybridized carbons (Fsp3) is 0.300. The van der Waals surface area contributed by atoms with Crippen molar-refractivity contribution in [2.45, 2.75) is 11.1 Å². The highest BCUT2D eigenvalue weighted by Gasteiger charge is 2.32. The third-order valence-electron chi connectivity index (χ3n) is 2.20. The van der Waals surface area contributed by atoms with Gasteiger partial charge in [-0.3, -0.25) is 4.79 Å². The second-order valence-corrected chi connectivity index (χ2v) is 4.45. The van der Waals surface area contributed by atoms with E-state index in [4.69, 9.17) is 0 Å². The zero-order valence-corrected chi connectivity index (χ0v) is 8.91. The van der Waals surface area contributed by atoms with Crippen molar-refractivity contribution in [3.8, 4) is 0 Å². The van der Waals surface area contributed by atoms with Crippen LogP contribution in [0.4, 0.5) is 13.2 Å². The number of benzene rings is 1. The summed E-state index contributed by atoms with van der Waals surface area (Å²) >= 11 is 1.38. The highest BCUT2D eigenvalue weighted by molar-refractivity contribution is 7.99. The minimum atomic E-state index is -4.41. The molecule has 1 aromatic rings. The Morgan fingerprint density at radius 1 is 1.31 bits per heavy atom. The van der Waals surface area contributed by atoms with Crippen molar-refractivity contribution < 1.29 is 18.0 Å². The van der Waals surface area contributed by atoms with Crippen molar-refractivity contribution in [3.63, 3.8) is 0 Å². The molecule has 0 aliphatic carbocycles. The van der Waals surface area contributed by atoms with Crippen molar-refractivity contribution in [1.82, 2.24) is 5.32 Å². The summed E-state index contributed by atoms with van der Waals surface area (Å²) in [5.41, 5.74) is -0.679. The van der Waals surface area contributed by atoms with Crippen LogP contribution in [0.1, 0.15) is 15.9 Å². The van der Waals surface area contributed by atoms with Gasteiger partial charge < -0.3 is 5.32 Å². The Morgan fingerprint density at radius 2 is 2.06 bits per heavy atom. The fourth-order valence-electron chi connectivity index (χ4n) is 1.43. The first-order chi connectivity index (χ1) is 7.48. The normalized spacial score (nSPS) is 16.3. The van der Waals surface area contributed by atoms with Crippen LogP contribution in [0, 0.1) is 0 Å².